The summed E-state index contributed by atoms with van der Waals surface area (Å²) in [5.41, 5.74) is -1.01. The highest BCUT2D eigenvalue weighted by atomic mass is 32.1. The zero-order valence-electron chi connectivity index (χ0n) is 27.5. The van der Waals surface area contributed by atoms with Crippen molar-refractivity contribution in [3.63, 3.8) is 0 Å². The molecule has 0 radical (unpaired) electrons. The van der Waals surface area contributed by atoms with Gasteiger partial charge in [0.25, 0.3) is 0 Å². The molecule has 0 aliphatic carbocycles. The van der Waals surface area contributed by atoms with Crippen molar-refractivity contribution in [2.24, 2.45) is 11.8 Å². The van der Waals surface area contributed by atoms with E-state index in [-0.39, 0.29) is 50.4 Å². The normalized spacial score (nSPS) is 20.8. The fraction of sp³-hybridized carbons (Fsp3) is 0.759. The lowest BCUT2D eigenvalue weighted by molar-refractivity contribution is -0.142. The maximum atomic E-state index is 14.1. The van der Waals surface area contributed by atoms with Crippen LogP contribution in [-0.2, 0) is 19.1 Å². The van der Waals surface area contributed by atoms with Crippen molar-refractivity contribution >= 4 is 35.2 Å². The predicted octanol–water partition coefficient (Wildman–Crippen LogP) is 4.00. The molecule has 1 aliphatic heterocycles. The van der Waals surface area contributed by atoms with Crippen LogP contribution in [-0.4, -0.2) is 90.1 Å². The van der Waals surface area contributed by atoms with Crippen molar-refractivity contribution in [1.29, 1.82) is 0 Å². The monoisotopic (exact) mass is 597 g/mol. The Morgan fingerprint density at radius 1 is 1.24 bits per heavy atom. The number of amides is 3. The zero-order valence-corrected chi connectivity index (χ0v) is 26.3. The van der Waals surface area contributed by atoms with Gasteiger partial charge in [-0.25, -0.2) is 14.6 Å². The number of likely N-dealkylation sites (N-methyl/N-ethyl adjacent to an activating group) is 2. The number of thiazole rings is 1. The first-order valence-electron chi connectivity index (χ1n) is 15.8. The molecule has 41 heavy (non-hydrogen) atoms. The molecule has 11 nitrogen and oxygen atoms in total. The predicted molar refractivity (Wildman–Crippen MR) is 159 cm³/mol. The van der Waals surface area contributed by atoms with Crippen LogP contribution in [0.1, 0.15) is 98.5 Å². The van der Waals surface area contributed by atoms with E-state index in [0.29, 0.717) is 37.4 Å². The Bertz CT molecular complexity index is 1090. The minimum Gasteiger partial charge on any atom is -0.461 e. The second-order valence-corrected chi connectivity index (χ2v) is 11.8. The van der Waals surface area contributed by atoms with Crippen LogP contribution < -0.4 is 10.6 Å². The Morgan fingerprint density at radius 3 is 2.56 bits per heavy atom. The van der Waals surface area contributed by atoms with Gasteiger partial charge in [-0.05, 0) is 59.0 Å². The third-order valence-electron chi connectivity index (χ3n) is 7.73. The molecule has 0 spiro atoms. The van der Waals surface area contributed by atoms with Crippen molar-refractivity contribution < 1.29 is 31.4 Å². The number of rotatable bonds is 14. The molecule has 1 aromatic rings. The van der Waals surface area contributed by atoms with Crippen molar-refractivity contribution in [2.75, 3.05) is 33.8 Å². The van der Waals surface area contributed by atoms with E-state index in [1.165, 1.54) is 11.3 Å². The van der Waals surface area contributed by atoms with Gasteiger partial charge in [0, 0.05) is 34.2 Å². The first kappa shape index (κ1) is 31.2. The van der Waals surface area contributed by atoms with Gasteiger partial charge in [0.2, 0.25) is 11.8 Å². The van der Waals surface area contributed by atoms with Crippen molar-refractivity contribution in [3.05, 3.63) is 16.1 Å². The smallest absolute Gasteiger partial charge is 0.407 e. The number of hydrogen-bond acceptors (Lipinski definition) is 9. The molecule has 0 saturated carbocycles. The number of ether oxygens (including phenoxy) is 2. The summed E-state index contributed by atoms with van der Waals surface area (Å²) in [5.74, 6) is -1.53. The fourth-order valence-corrected chi connectivity index (χ4v) is 5.71. The number of esters is 1. The SMILES string of the molecule is [2H]CN1CCC[C@@]1(C[2H])C(=O)N[C@H](C(=O)N(C)[C@H](C[C@@H](OC(=O)NCC)c1nc(C(=O)OCC)cs1)C(C)C)[C@@H](C)CC. The summed E-state index contributed by atoms with van der Waals surface area (Å²) in [6.07, 6.45) is 0.521. The summed E-state index contributed by atoms with van der Waals surface area (Å²) in [7, 11) is 1.58. The summed E-state index contributed by atoms with van der Waals surface area (Å²) < 4.78 is 26.9. The molecule has 3 amide bonds. The molecule has 1 saturated heterocycles. The van der Waals surface area contributed by atoms with Gasteiger partial charge >= 0.3 is 12.1 Å². The topological polar surface area (TPSA) is 130 Å². The van der Waals surface area contributed by atoms with E-state index in [4.69, 9.17) is 12.2 Å². The number of hydrogen-bond donors (Lipinski definition) is 2. The average molecular weight is 598 g/mol. The van der Waals surface area contributed by atoms with Gasteiger partial charge in [0.1, 0.15) is 11.0 Å². The molecule has 1 aliphatic rings. The maximum Gasteiger partial charge on any atom is 0.407 e. The molecular weight excluding hydrogens is 546 g/mol. The highest BCUT2D eigenvalue weighted by Gasteiger charge is 2.44. The molecule has 232 valence electrons. The van der Waals surface area contributed by atoms with Gasteiger partial charge in [0.15, 0.2) is 11.8 Å². The van der Waals surface area contributed by atoms with Crippen LogP contribution in [0, 0.1) is 11.8 Å². The highest BCUT2D eigenvalue weighted by molar-refractivity contribution is 7.09. The van der Waals surface area contributed by atoms with E-state index in [2.05, 4.69) is 15.6 Å². The minimum absolute atomic E-state index is 0.0692. The number of aromatic nitrogens is 1. The molecule has 1 aromatic heterocycles. The Morgan fingerprint density at radius 2 is 1.98 bits per heavy atom. The van der Waals surface area contributed by atoms with Crippen LogP contribution in [0.5, 0.6) is 0 Å². The second kappa shape index (κ2) is 15.5. The van der Waals surface area contributed by atoms with E-state index >= 15 is 0 Å². The van der Waals surface area contributed by atoms with Crippen molar-refractivity contribution in [3.8, 4) is 0 Å². The molecular formula is C29H49N5O6S. The molecule has 0 bridgehead atoms. The van der Waals surface area contributed by atoms with Crippen LogP contribution >= 0.6 is 11.3 Å². The first-order valence-corrected chi connectivity index (χ1v) is 15.3. The van der Waals surface area contributed by atoms with Crippen molar-refractivity contribution in [1.82, 2.24) is 25.4 Å². The van der Waals surface area contributed by atoms with Gasteiger partial charge in [0.05, 0.1) is 12.1 Å². The lowest BCUT2D eigenvalue weighted by atomic mass is 9.91. The average Bonchev–Trinajstić information content (AvgIpc) is 3.65. The molecule has 2 heterocycles. The van der Waals surface area contributed by atoms with Gasteiger partial charge < -0.3 is 25.0 Å². The van der Waals surface area contributed by atoms with Gasteiger partial charge in [-0.3, -0.25) is 14.5 Å². The molecule has 0 aromatic carbocycles. The molecule has 2 N–H and O–H groups in total. The highest BCUT2D eigenvalue weighted by Crippen LogP contribution is 2.32. The summed E-state index contributed by atoms with van der Waals surface area (Å²) in [5, 5.41) is 7.55. The number of carbonyl (C=O) groups is 4. The Labute approximate surface area is 251 Å². The number of nitrogens with one attached hydrogen (secondary N) is 2. The van der Waals surface area contributed by atoms with Gasteiger partial charge in [-0.2, -0.15) is 0 Å². The van der Waals surface area contributed by atoms with Crippen LogP contribution in [0.3, 0.4) is 0 Å². The minimum atomic E-state index is -1.13. The Kier molecular flexibility index (Phi) is 11.8. The van der Waals surface area contributed by atoms with E-state index in [9.17, 15) is 19.2 Å². The summed E-state index contributed by atoms with van der Waals surface area (Å²) >= 11 is 1.17. The third kappa shape index (κ3) is 8.64. The molecule has 12 heteroatoms. The number of alkyl carbamates (subject to hydrolysis) is 1. The lowest BCUT2D eigenvalue weighted by Crippen LogP contribution is -2.60. The van der Waals surface area contributed by atoms with Crippen LogP contribution in [0.15, 0.2) is 5.38 Å². The molecule has 5 atom stereocenters. The largest absolute Gasteiger partial charge is 0.461 e. The standard InChI is InChI=1S/C29H49N5O6S/c1-10-19(6)23(32-27(37)29(7)14-13-15-33(29)8)25(35)34(9)21(18(4)5)16-22(40-28(38)30-11-2)24-31-20(17-41-24)26(36)39-12-3/h17-19,21-23H,10-16H2,1-9H3,(H,30,38)(H,32,37)/t19-,21+,22+,23-,29-/m0/s1/i7D,8D. The molecule has 0 unspecified atom stereocenters. The van der Waals surface area contributed by atoms with Gasteiger partial charge in [-0.15, -0.1) is 11.3 Å². The Balaban J connectivity index is 2.37. The van der Waals surface area contributed by atoms with Crippen LogP contribution in [0.4, 0.5) is 4.79 Å². The number of likely N-dealkylation sites (tertiary alicyclic amines) is 1. The van der Waals surface area contributed by atoms with E-state index in [1.807, 2.05) is 27.7 Å². The third-order valence-corrected chi connectivity index (χ3v) is 8.67. The number of nitrogens with zero attached hydrogens (tertiary/aromatic N) is 3. The van der Waals surface area contributed by atoms with E-state index in [0.717, 1.165) is 0 Å². The summed E-state index contributed by atoms with van der Waals surface area (Å²) in [4.78, 5) is 60.2. The van der Waals surface area contributed by atoms with Gasteiger partial charge in [-0.1, -0.05) is 34.1 Å². The Hall–Kier alpha value is -2.73. The summed E-state index contributed by atoms with van der Waals surface area (Å²) in [6.45, 7) is 12.2. The van der Waals surface area contributed by atoms with Crippen LogP contribution in [0.25, 0.3) is 0 Å². The molecule has 1 fully saturated rings. The van der Waals surface area contributed by atoms with E-state index < -0.39 is 41.7 Å². The zero-order chi connectivity index (χ0) is 32.3. The van der Waals surface area contributed by atoms with Crippen LogP contribution in [0.2, 0.25) is 0 Å². The molecule has 2 rings (SSSR count). The fourth-order valence-electron chi connectivity index (χ4n) is 4.88. The maximum absolute atomic E-state index is 14.1. The van der Waals surface area contributed by atoms with E-state index in [1.54, 1.807) is 36.1 Å². The van der Waals surface area contributed by atoms with Crippen molar-refractivity contribution in [2.45, 2.75) is 97.9 Å². The second-order valence-electron chi connectivity index (χ2n) is 10.9. The quantitative estimate of drug-likeness (QED) is 0.308. The summed E-state index contributed by atoms with van der Waals surface area (Å²) in [6, 6.07) is -1.27. The number of carbonyl (C=O) groups excluding carboxylic acids is 4. The lowest BCUT2D eigenvalue weighted by Gasteiger charge is -2.38. The first-order chi connectivity index (χ1) is 20.4.